The third-order valence-electron chi connectivity index (χ3n) is 8.30. The van der Waals surface area contributed by atoms with E-state index in [1.54, 1.807) is 36.7 Å². The Balaban J connectivity index is 1.29. The van der Waals surface area contributed by atoms with E-state index in [4.69, 9.17) is 15.5 Å². The zero-order valence-electron chi connectivity index (χ0n) is 23.6. The van der Waals surface area contributed by atoms with Gasteiger partial charge >= 0.3 is 6.18 Å². The molecular weight excluding hydrogens is 563 g/mol. The number of piperidine rings is 1. The molecule has 0 bridgehead atoms. The molecule has 0 saturated carbocycles. The van der Waals surface area contributed by atoms with Gasteiger partial charge in [0.15, 0.2) is 0 Å². The van der Waals surface area contributed by atoms with Crippen LogP contribution in [0.3, 0.4) is 0 Å². The lowest BCUT2D eigenvalue weighted by Gasteiger charge is -2.46. The number of hydrogen-bond donors (Lipinski definition) is 2. The molecule has 13 heteroatoms. The molecule has 43 heavy (non-hydrogen) atoms. The van der Waals surface area contributed by atoms with Crippen LogP contribution < -0.4 is 11.1 Å². The second-order valence-electron chi connectivity index (χ2n) is 11.4. The van der Waals surface area contributed by atoms with Crippen molar-refractivity contribution in [2.75, 3.05) is 30.8 Å². The van der Waals surface area contributed by atoms with Crippen molar-refractivity contribution in [2.45, 2.75) is 44.8 Å². The summed E-state index contributed by atoms with van der Waals surface area (Å²) in [6.45, 7) is 5.49. The molecule has 2 atom stereocenters. The zero-order chi connectivity index (χ0) is 30.5. The molecule has 2 fully saturated rings. The molecule has 2 aliphatic heterocycles. The first-order chi connectivity index (χ1) is 20.5. The summed E-state index contributed by atoms with van der Waals surface area (Å²) in [6, 6.07) is 8.02. The third-order valence-corrected chi connectivity index (χ3v) is 8.30. The first kappa shape index (κ1) is 28.6. The summed E-state index contributed by atoms with van der Waals surface area (Å²) in [5.41, 5.74) is 7.00. The molecule has 2 aliphatic rings. The van der Waals surface area contributed by atoms with Gasteiger partial charge in [-0.1, -0.05) is 12.1 Å². The van der Waals surface area contributed by atoms with E-state index in [-0.39, 0.29) is 35.1 Å². The minimum absolute atomic E-state index is 0.0599. The molecule has 0 aliphatic carbocycles. The Morgan fingerprint density at radius 3 is 2.53 bits per heavy atom. The van der Waals surface area contributed by atoms with E-state index in [1.807, 2.05) is 23.1 Å². The predicted molar refractivity (Wildman–Crippen MR) is 152 cm³/mol. The number of hydrogen-bond acceptors (Lipinski definition) is 7. The van der Waals surface area contributed by atoms with Crippen molar-refractivity contribution in [2.24, 2.45) is 5.41 Å². The maximum Gasteiger partial charge on any atom is 0.416 e. The van der Waals surface area contributed by atoms with E-state index in [0.717, 1.165) is 37.0 Å². The van der Waals surface area contributed by atoms with E-state index in [2.05, 4.69) is 15.3 Å². The van der Waals surface area contributed by atoms with Crippen LogP contribution in [0.4, 0.5) is 24.8 Å². The lowest BCUT2D eigenvalue weighted by molar-refractivity contribution is -0.172. The predicted octanol–water partition coefficient (Wildman–Crippen LogP) is 4.78. The first-order valence-corrected chi connectivity index (χ1v) is 13.9. The van der Waals surface area contributed by atoms with Crippen molar-refractivity contribution in [3.63, 3.8) is 0 Å². The number of ether oxygens (including phenoxy) is 1. The van der Waals surface area contributed by atoms with E-state index < -0.39 is 23.1 Å². The first-order valence-electron chi connectivity index (χ1n) is 13.9. The van der Waals surface area contributed by atoms with Crippen molar-refractivity contribution in [3.05, 3.63) is 71.9 Å². The van der Waals surface area contributed by atoms with Crippen LogP contribution in [0.1, 0.15) is 54.4 Å². The number of rotatable bonds is 5. The normalized spacial score (nSPS) is 20.1. The fourth-order valence-electron chi connectivity index (χ4n) is 5.85. The summed E-state index contributed by atoms with van der Waals surface area (Å²) in [7, 11) is 0. The Morgan fingerprint density at radius 2 is 1.86 bits per heavy atom. The average Bonchev–Trinajstić information content (AvgIpc) is 3.36. The zero-order valence-corrected chi connectivity index (χ0v) is 23.6. The van der Waals surface area contributed by atoms with Crippen molar-refractivity contribution < 1.29 is 27.5 Å². The van der Waals surface area contributed by atoms with E-state index in [0.29, 0.717) is 36.5 Å². The molecule has 2 saturated heterocycles. The van der Waals surface area contributed by atoms with Gasteiger partial charge < -0.3 is 20.7 Å². The maximum atomic E-state index is 13.4. The third kappa shape index (κ3) is 5.18. The number of likely N-dealkylation sites (tertiary alicyclic amines) is 1. The SMILES string of the molecule is C[C@H]1[C@H](c2nc(-c3ccc(C(=O)Nc4cc(C(F)(F)F)ccn4)cc3)c3c(N)nccn23)CCCN1C(=O)C1(C)COC1. The van der Waals surface area contributed by atoms with Gasteiger partial charge in [0.05, 0.1) is 24.2 Å². The average molecular weight is 594 g/mol. The highest BCUT2D eigenvalue weighted by Crippen LogP contribution is 2.39. The van der Waals surface area contributed by atoms with Crippen LogP contribution in [0.15, 0.2) is 55.0 Å². The largest absolute Gasteiger partial charge is 0.416 e. The molecule has 5 heterocycles. The number of carbonyl (C=O) groups is 2. The topological polar surface area (TPSA) is 128 Å². The number of nitrogens with one attached hydrogen (secondary N) is 1. The molecule has 3 N–H and O–H groups in total. The second-order valence-corrected chi connectivity index (χ2v) is 11.4. The van der Waals surface area contributed by atoms with Gasteiger partial charge in [0.1, 0.15) is 28.7 Å². The molecule has 1 aromatic carbocycles. The summed E-state index contributed by atoms with van der Waals surface area (Å²) in [4.78, 5) is 41.2. The van der Waals surface area contributed by atoms with E-state index in [9.17, 15) is 22.8 Å². The summed E-state index contributed by atoms with van der Waals surface area (Å²) in [5.74, 6) is 0.255. The van der Waals surface area contributed by atoms with Crippen LogP contribution in [0.25, 0.3) is 16.8 Å². The lowest BCUT2D eigenvalue weighted by Crippen LogP contribution is -2.57. The van der Waals surface area contributed by atoms with Gasteiger partial charge in [-0.2, -0.15) is 13.2 Å². The number of benzene rings is 1. The molecule has 0 unspecified atom stereocenters. The summed E-state index contributed by atoms with van der Waals surface area (Å²) in [5, 5.41) is 2.41. The Morgan fingerprint density at radius 1 is 1.12 bits per heavy atom. The van der Waals surface area contributed by atoms with E-state index >= 15 is 0 Å². The number of anilines is 2. The number of nitrogen functional groups attached to an aromatic ring is 1. The molecule has 2 amide bonds. The lowest BCUT2D eigenvalue weighted by atomic mass is 9.83. The fourth-order valence-corrected chi connectivity index (χ4v) is 5.85. The highest BCUT2D eigenvalue weighted by atomic mass is 19.4. The Kier molecular flexibility index (Phi) is 7.07. The van der Waals surface area contributed by atoms with Gasteiger partial charge in [0.25, 0.3) is 5.91 Å². The minimum atomic E-state index is -4.56. The minimum Gasteiger partial charge on any atom is -0.382 e. The number of pyridine rings is 1. The highest BCUT2D eigenvalue weighted by molar-refractivity contribution is 6.04. The van der Waals surface area contributed by atoms with Crippen molar-refractivity contribution in [1.82, 2.24) is 24.3 Å². The second kappa shape index (κ2) is 10.6. The monoisotopic (exact) mass is 593 g/mol. The van der Waals surface area contributed by atoms with Crippen LogP contribution in [0, 0.1) is 5.41 Å². The standard InChI is InChI=1S/C30H30F3N7O3/c1-17-21(4-3-12-39(17)28(42)29(2)15-43-16-29)26-38-23(24-25(34)36-11-13-40(24)26)18-5-7-19(8-6-18)27(41)37-22-14-20(9-10-35-22)30(31,32)33/h5-11,13-14,17,21H,3-4,12,15-16H2,1-2H3,(H2,34,36)(H,35,37,41)/t17-,21+/m0/s1. The number of fused-ring (bicyclic) bond motifs is 1. The number of halogens is 3. The molecule has 224 valence electrons. The van der Waals surface area contributed by atoms with Gasteiger partial charge in [-0.05, 0) is 51.0 Å². The highest BCUT2D eigenvalue weighted by Gasteiger charge is 2.47. The van der Waals surface area contributed by atoms with Crippen LogP contribution in [-0.4, -0.2) is 61.9 Å². The van der Waals surface area contributed by atoms with Gasteiger partial charge in [-0.15, -0.1) is 0 Å². The Labute approximate surface area is 245 Å². The molecule has 0 radical (unpaired) electrons. The molecular formula is C30H30F3N7O3. The molecule has 4 aromatic rings. The number of alkyl halides is 3. The molecule has 10 nitrogen and oxygen atoms in total. The number of nitrogens with two attached hydrogens (primary N) is 1. The van der Waals surface area contributed by atoms with E-state index in [1.165, 1.54) is 0 Å². The number of imidazole rings is 1. The van der Waals surface area contributed by atoms with Gasteiger partial charge in [-0.3, -0.25) is 14.0 Å². The maximum absolute atomic E-state index is 13.4. The molecule has 3 aromatic heterocycles. The number of carbonyl (C=O) groups excluding carboxylic acids is 2. The number of amides is 2. The van der Waals surface area contributed by atoms with Crippen LogP contribution in [0.5, 0.6) is 0 Å². The van der Waals surface area contributed by atoms with Gasteiger partial charge in [0, 0.05) is 48.2 Å². The van der Waals surface area contributed by atoms with Crippen molar-refractivity contribution in [1.29, 1.82) is 0 Å². The van der Waals surface area contributed by atoms with Crippen LogP contribution in [-0.2, 0) is 15.7 Å². The summed E-state index contributed by atoms with van der Waals surface area (Å²) in [6.07, 6.45) is 1.51. The van der Waals surface area contributed by atoms with Crippen LogP contribution >= 0.6 is 0 Å². The Bertz CT molecular complexity index is 1700. The molecule has 6 rings (SSSR count). The molecule has 0 spiro atoms. The smallest absolute Gasteiger partial charge is 0.382 e. The summed E-state index contributed by atoms with van der Waals surface area (Å²) < 4.78 is 46.4. The fraction of sp³-hybridized carbons (Fsp3) is 0.367. The van der Waals surface area contributed by atoms with Gasteiger partial charge in [0.2, 0.25) is 5.91 Å². The Hall–Kier alpha value is -4.52. The number of nitrogens with zero attached hydrogens (tertiary/aromatic N) is 5. The summed E-state index contributed by atoms with van der Waals surface area (Å²) >= 11 is 0. The van der Waals surface area contributed by atoms with Crippen molar-refractivity contribution >= 4 is 29.0 Å². The van der Waals surface area contributed by atoms with Gasteiger partial charge in [-0.25, -0.2) is 15.0 Å². The van der Waals surface area contributed by atoms with Crippen molar-refractivity contribution in [3.8, 4) is 11.3 Å². The number of aromatic nitrogens is 4. The van der Waals surface area contributed by atoms with Crippen LogP contribution in [0.2, 0.25) is 0 Å². The quantitative estimate of drug-likeness (QED) is 0.341.